The minimum absolute atomic E-state index is 0.0451. The molecule has 3 aromatic rings. The number of halogens is 2. The van der Waals surface area contributed by atoms with Crippen molar-refractivity contribution in [2.45, 2.75) is 25.7 Å². The molecule has 1 aliphatic rings. The largest absolute Gasteiger partial charge is 0.477 e. The van der Waals surface area contributed by atoms with Gasteiger partial charge in [-0.25, -0.2) is 4.99 Å². The standard InChI is InChI=1S/C24H19BrIN3O2S/c25-16-12-15(22(19(26)13-16)31-11-10-27)14-28-24-21(18-8-4-5-9-20(18)32-24)23(30)29-17-6-2-1-3-7-17/h1-3,6-7,12-14H,4-5,8-9,11H2,(H,29,30). The molecule has 0 radical (unpaired) electrons. The summed E-state index contributed by atoms with van der Waals surface area (Å²) in [5.41, 5.74) is 3.29. The third-order valence-electron chi connectivity index (χ3n) is 5.05. The predicted octanol–water partition coefficient (Wildman–Crippen LogP) is 6.90. The van der Waals surface area contributed by atoms with E-state index in [1.165, 1.54) is 4.88 Å². The molecular weight excluding hydrogens is 601 g/mol. The first-order valence-corrected chi connectivity index (χ1v) is 12.8. The number of rotatable bonds is 6. The molecule has 8 heteroatoms. The van der Waals surface area contributed by atoms with Gasteiger partial charge in [-0.1, -0.05) is 34.1 Å². The van der Waals surface area contributed by atoms with Crippen LogP contribution in [0.1, 0.15) is 39.2 Å². The van der Waals surface area contributed by atoms with E-state index in [-0.39, 0.29) is 12.5 Å². The topological polar surface area (TPSA) is 74.5 Å². The second-order valence-corrected chi connectivity index (χ2v) is 10.4. The van der Waals surface area contributed by atoms with Crippen molar-refractivity contribution in [2.75, 3.05) is 11.9 Å². The quantitative estimate of drug-likeness (QED) is 0.241. The number of amides is 1. The van der Waals surface area contributed by atoms with Crippen LogP contribution in [0.25, 0.3) is 0 Å². The summed E-state index contributed by atoms with van der Waals surface area (Å²) in [6.45, 7) is -0.0451. The van der Waals surface area contributed by atoms with E-state index in [0.717, 1.165) is 50.5 Å². The van der Waals surface area contributed by atoms with Gasteiger partial charge in [-0.3, -0.25) is 4.79 Å². The summed E-state index contributed by atoms with van der Waals surface area (Å²) < 4.78 is 7.41. The molecule has 1 aliphatic carbocycles. The van der Waals surface area contributed by atoms with Crippen LogP contribution >= 0.6 is 49.9 Å². The van der Waals surface area contributed by atoms with Crippen LogP contribution in [0.4, 0.5) is 10.7 Å². The number of anilines is 1. The van der Waals surface area contributed by atoms with Crippen molar-refractivity contribution >= 4 is 72.7 Å². The van der Waals surface area contributed by atoms with Crippen molar-refractivity contribution in [1.82, 2.24) is 0 Å². The number of aliphatic imine (C=N–C) groups is 1. The minimum atomic E-state index is -0.132. The van der Waals surface area contributed by atoms with Crippen molar-refractivity contribution in [3.05, 3.63) is 72.1 Å². The van der Waals surface area contributed by atoms with Gasteiger partial charge in [-0.05, 0) is 78.1 Å². The minimum Gasteiger partial charge on any atom is -0.477 e. The maximum Gasteiger partial charge on any atom is 0.259 e. The van der Waals surface area contributed by atoms with E-state index < -0.39 is 0 Å². The smallest absolute Gasteiger partial charge is 0.259 e. The molecule has 0 saturated heterocycles. The Bertz CT molecular complexity index is 1220. The Labute approximate surface area is 212 Å². The fraction of sp³-hybridized carbons (Fsp3) is 0.208. The number of carbonyl (C=O) groups excluding carboxylic acids is 1. The number of ether oxygens (including phenoxy) is 1. The predicted molar refractivity (Wildman–Crippen MR) is 141 cm³/mol. The summed E-state index contributed by atoms with van der Waals surface area (Å²) in [5.74, 6) is 0.475. The highest BCUT2D eigenvalue weighted by molar-refractivity contribution is 14.1. The first kappa shape index (κ1) is 23.0. The lowest BCUT2D eigenvalue weighted by Gasteiger charge is -2.13. The number of nitriles is 1. The lowest BCUT2D eigenvalue weighted by molar-refractivity contribution is 0.102. The molecule has 1 N–H and O–H groups in total. The van der Waals surface area contributed by atoms with Crippen LogP contribution in [0, 0.1) is 14.9 Å². The molecule has 2 aromatic carbocycles. The molecular formula is C24H19BrIN3O2S. The summed E-state index contributed by atoms with van der Waals surface area (Å²) in [5, 5.41) is 12.6. The normalized spacial score (nSPS) is 12.9. The monoisotopic (exact) mass is 619 g/mol. The number of fused-ring (bicyclic) bond motifs is 1. The van der Waals surface area contributed by atoms with E-state index in [0.29, 0.717) is 16.3 Å². The van der Waals surface area contributed by atoms with E-state index >= 15 is 0 Å². The van der Waals surface area contributed by atoms with Gasteiger partial charge in [0.1, 0.15) is 16.8 Å². The number of thiophene rings is 1. The molecule has 162 valence electrons. The van der Waals surface area contributed by atoms with Crippen molar-refractivity contribution in [3.8, 4) is 11.8 Å². The van der Waals surface area contributed by atoms with Gasteiger partial charge in [-0.2, -0.15) is 5.26 Å². The zero-order valence-electron chi connectivity index (χ0n) is 17.0. The first-order chi connectivity index (χ1) is 15.6. The zero-order chi connectivity index (χ0) is 22.5. The van der Waals surface area contributed by atoms with Crippen LogP contribution < -0.4 is 10.1 Å². The van der Waals surface area contributed by atoms with Crippen LogP contribution in [-0.2, 0) is 12.8 Å². The summed E-state index contributed by atoms with van der Waals surface area (Å²) in [6, 6.07) is 15.3. The molecule has 0 fully saturated rings. The Hall–Kier alpha value is -2.22. The molecule has 1 aromatic heterocycles. The van der Waals surface area contributed by atoms with E-state index in [2.05, 4.69) is 43.8 Å². The summed E-state index contributed by atoms with van der Waals surface area (Å²) in [7, 11) is 0. The van der Waals surface area contributed by atoms with Crippen molar-refractivity contribution < 1.29 is 9.53 Å². The molecule has 0 spiro atoms. The molecule has 0 aliphatic heterocycles. The molecule has 4 rings (SSSR count). The van der Waals surface area contributed by atoms with Crippen molar-refractivity contribution in [1.29, 1.82) is 5.26 Å². The molecule has 1 amide bonds. The van der Waals surface area contributed by atoms with Gasteiger partial charge < -0.3 is 10.1 Å². The van der Waals surface area contributed by atoms with Gasteiger partial charge in [-0.15, -0.1) is 11.3 Å². The number of hydrogen-bond donors (Lipinski definition) is 1. The highest BCUT2D eigenvalue weighted by Gasteiger charge is 2.25. The number of hydrogen-bond acceptors (Lipinski definition) is 5. The van der Waals surface area contributed by atoms with Crippen LogP contribution in [0.2, 0.25) is 0 Å². The van der Waals surface area contributed by atoms with Crippen LogP contribution in [0.3, 0.4) is 0 Å². The second kappa shape index (κ2) is 10.6. The number of para-hydroxylation sites is 1. The lowest BCUT2D eigenvalue weighted by atomic mass is 9.95. The van der Waals surface area contributed by atoms with Gasteiger partial charge >= 0.3 is 0 Å². The number of benzene rings is 2. The average molecular weight is 620 g/mol. The molecule has 32 heavy (non-hydrogen) atoms. The number of aryl methyl sites for hydroxylation is 1. The number of nitrogens with one attached hydrogen (secondary N) is 1. The Morgan fingerprint density at radius 3 is 2.84 bits per heavy atom. The molecule has 0 unspecified atom stereocenters. The molecule has 1 heterocycles. The lowest BCUT2D eigenvalue weighted by Crippen LogP contribution is -2.14. The fourth-order valence-corrected chi connectivity index (χ4v) is 6.59. The molecule has 0 atom stereocenters. The number of carbonyl (C=O) groups is 1. The van der Waals surface area contributed by atoms with Gasteiger partial charge in [0.2, 0.25) is 0 Å². The Balaban J connectivity index is 1.72. The SMILES string of the molecule is N#CCOc1c(I)cc(Br)cc1C=Nc1sc2c(c1C(=O)Nc1ccccc1)CCCC2. The first-order valence-electron chi connectivity index (χ1n) is 10.1. The zero-order valence-corrected chi connectivity index (χ0v) is 21.6. The van der Waals surface area contributed by atoms with Crippen molar-refractivity contribution in [3.63, 3.8) is 0 Å². The summed E-state index contributed by atoms with van der Waals surface area (Å²) in [6.07, 6.45) is 5.80. The van der Waals surface area contributed by atoms with E-state index in [1.807, 2.05) is 48.5 Å². The summed E-state index contributed by atoms with van der Waals surface area (Å²) >= 11 is 7.28. The van der Waals surface area contributed by atoms with E-state index in [4.69, 9.17) is 15.0 Å². The van der Waals surface area contributed by atoms with Gasteiger partial charge in [0.05, 0.1) is 9.13 Å². The Morgan fingerprint density at radius 2 is 2.06 bits per heavy atom. The van der Waals surface area contributed by atoms with Gasteiger partial charge in [0, 0.05) is 26.8 Å². The van der Waals surface area contributed by atoms with E-state index in [9.17, 15) is 4.79 Å². The summed E-state index contributed by atoms with van der Waals surface area (Å²) in [4.78, 5) is 19.2. The highest BCUT2D eigenvalue weighted by atomic mass is 127. The third kappa shape index (κ3) is 5.22. The maximum atomic E-state index is 13.2. The Morgan fingerprint density at radius 1 is 1.28 bits per heavy atom. The van der Waals surface area contributed by atoms with Crippen LogP contribution in [-0.4, -0.2) is 18.7 Å². The van der Waals surface area contributed by atoms with Crippen molar-refractivity contribution in [2.24, 2.45) is 4.99 Å². The highest BCUT2D eigenvalue weighted by Crippen LogP contribution is 2.40. The second-order valence-electron chi connectivity index (χ2n) is 7.22. The average Bonchev–Trinajstić information content (AvgIpc) is 3.16. The maximum absolute atomic E-state index is 13.2. The molecule has 0 saturated carbocycles. The van der Waals surface area contributed by atoms with Crippen LogP contribution in [0.15, 0.2) is 51.9 Å². The number of nitrogens with zero attached hydrogens (tertiary/aromatic N) is 2. The van der Waals surface area contributed by atoms with E-state index in [1.54, 1.807) is 17.6 Å². The van der Waals surface area contributed by atoms with Crippen LogP contribution in [0.5, 0.6) is 5.75 Å². The third-order valence-corrected chi connectivity index (χ3v) is 7.51. The molecule has 5 nitrogen and oxygen atoms in total. The Kier molecular flexibility index (Phi) is 7.60. The fourth-order valence-electron chi connectivity index (χ4n) is 3.65. The van der Waals surface area contributed by atoms with Gasteiger partial charge in [0.25, 0.3) is 5.91 Å². The molecule has 0 bridgehead atoms. The van der Waals surface area contributed by atoms with Gasteiger partial charge in [0.15, 0.2) is 6.61 Å².